The summed E-state index contributed by atoms with van der Waals surface area (Å²) in [6, 6.07) is 14.0. The summed E-state index contributed by atoms with van der Waals surface area (Å²) in [6.07, 6.45) is 3.17. The fraction of sp³-hybridized carbons (Fsp3) is 0.200. The molecule has 1 amide bonds. The molecule has 0 saturated carbocycles. The average Bonchev–Trinajstić information content (AvgIpc) is 2.62. The molecule has 0 unspecified atom stereocenters. The van der Waals surface area contributed by atoms with Crippen molar-refractivity contribution in [1.82, 2.24) is 0 Å². The molecule has 0 atom stereocenters. The second-order valence-corrected chi connectivity index (χ2v) is 5.70. The van der Waals surface area contributed by atoms with Gasteiger partial charge in [-0.15, -0.1) is 0 Å². The topological polar surface area (TPSA) is 64.6 Å². The van der Waals surface area contributed by atoms with E-state index in [-0.39, 0.29) is 17.8 Å². The summed E-state index contributed by atoms with van der Waals surface area (Å²) < 4.78 is 10.3. The Balaban J connectivity index is 1.91. The molecule has 0 fully saturated rings. The van der Waals surface area contributed by atoms with E-state index >= 15 is 0 Å². The molecular weight excluding hydrogens is 318 g/mol. The largest absolute Gasteiger partial charge is 0.497 e. The lowest BCUT2D eigenvalue weighted by molar-refractivity contribution is -0.137. The lowest BCUT2D eigenvalue weighted by Gasteiger charge is -2.07. The summed E-state index contributed by atoms with van der Waals surface area (Å²) in [5.74, 6) is 0.481. The monoisotopic (exact) mass is 339 g/mol. The van der Waals surface area contributed by atoms with Crippen molar-refractivity contribution in [2.45, 2.75) is 13.8 Å². The van der Waals surface area contributed by atoms with Crippen LogP contribution >= 0.6 is 0 Å². The first-order valence-electron chi connectivity index (χ1n) is 7.93. The Labute approximate surface area is 147 Å². The van der Waals surface area contributed by atoms with Gasteiger partial charge >= 0.3 is 5.97 Å². The van der Waals surface area contributed by atoms with E-state index in [0.717, 1.165) is 11.3 Å². The number of amides is 1. The molecule has 25 heavy (non-hydrogen) atoms. The number of benzene rings is 2. The van der Waals surface area contributed by atoms with E-state index in [2.05, 4.69) is 5.32 Å². The van der Waals surface area contributed by atoms with E-state index in [9.17, 15) is 9.59 Å². The van der Waals surface area contributed by atoms with Gasteiger partial charge in [-0.05, 0) is 48.0 Å². The number of carbonyl (C=O) groups is 2. The zero-order valence-corrected chi connectivity index (χ0v) is 14.5. The quantitative estimate of drug-likeness (QED) is 0.492. The van der Waals surface area contributed by atoms with Gasteiger partial charge in [0.15, 0.2) is 0 Å². The van der Waals surface area contributed by atoms with Crippen molar-refractivity contribution in [1.29, 1.82) is 0 Å². The molecule has 0 aromatic heterocycles. The highest BCUT2D eigenvalue weighted by molar-refractivity contribution is 6.01. The summed E-state index contributed by atoms with van der Waals surface area (Å²) >= 11 is 0. The molecule has 5 nitrogen and oxygen atoms in total. The van der Waals surface area contributed by atoms with Crippen LogP contribution in [0, 0.1) is 5.92 Å². The van der Waals surface area contributed by atoms with Gasteiger partial charge in [0, 0.05) is 11.8 Å². The first-order chi connectivity index (χ1) is 12.0. The Bertz CT molecular complexity index is 746. The van der Waals surface area contributed by atoms with Gasteiger partial charge in [0.1, 0.15) is 11.5 Å². The second-order valence-electron chi connectivity index (χ2n) is 5.70. The van der Waals surface area contributed by atoms with Crippen LogP contribution in [0.2, 0.25) is 0 Å². The van der Waals surface area contributed by atoms with E-state index in [1.54, 1.807) is 51.3 Å². The normalized spacial score (nSPS) is 10.7. The van der Waals surface area contributed by atoms with Crippen LogP contribution in [0.3, 0.4) is 0 Å². The van der Waals surface area contributed by atoms with Crippen LogP contribution in [0.4, 0.5) is 5.69 Å². The molecule has 0 spiro atoms. The molecule has 5 heteroatoms. The number of hydrogen-bond acceptors (Lipinski definition) is 4. The van der Waals surface area contributed by atoms with Gasteiger partial charge in [-0.25, -0.2) is 0 Å². The van der Waals surface area contributed by atoms with Crippen LogP contribution in [0.15, 0.2) is 54.6 Å². The van der Waals surface area contributed by atoms with E-state index in [1.807, 2.05) is 24.3 Å². The van der Waals surface area contributed by atoms with Crippen LogP contribution < -0.4 is 14.8 Å². The number of nitrogens with one attached hydrogen (secondary N) is 1. The number of rotatable bonds is 6. The highest BCUT2D eigenvalue weighted by Crippen LogP contribution is 2.17. The van der Waals surface area contributed by atoms with Gasteiger partial charge in [-0.3, -0.25) is 9.59 Å². The summed E-state index contributed by atoms with van der Waals surface area (Å²) in [4.78, 5) is 23.5. The Kier molecular flexibility index (Phi) is 6.34. The highest BCUT2D eigenvalue weighted by Gasteiger charge is 2.09. The number of esters is 1. The van der Waals surface area contributed by atoms with E-state index in [0.29, 0.717) is 11.4 Å². The molecular formula is C20H21NO4. The van der Waals surface area contributed by atoms with Gasteiger partial charge in [0.05, 0.1) is 13.0 Å². The number of methoxy groups -OCH3 is 1. The van der Waals surface area contributed by atoms with E-state index < -0.39 is 0 Å². The van der Waals surface area contributed by atoms with E-state index in [1.165, 1.54) is 6.08 Å². The molecule has 0 heterocycles. The minimum absolute atomic E-state index is 0.192. The van der Waals surface area contributed by atoms with Crippen molar-refractivity contribution >= 4 is 23.6 Å². The lowest BCUT2D eigenvalue weighted by Crippen LogP contribution is -2.14. The Morgan fingerprint density at radius 3 is 2.12 bits per heavy atom. The Morgan fingerprint density at radius 2 is 1.56 bits per heavy atom. The summed E-state index contributed by atoms with van der Waals surface area (Å²) in [5.41, 5.74) is 1.51. The van der Waals surface area contributed by atoms with Gasteiger partial charge in [-0.1, -0.05) is 26.0 Å². The van der Waals surface area contributed by atoms with Gasteiger partial charge in [0.2, 0.25) is 5.91 Å². The van der Waals surface area contributed by atoms with Crippen molar-refractivity contribution in [3.05, 3.63) is 60.2 Å². The number of ether oxygens (including phenoxy) is 2. The van der Waals surface area contributed by atoms with Crippen molar-refractivity contribution in [2.75, 3.05) is 12.4 Å². The fourth-order valence-electron chi connectivity index (χ4n) is 1.91. The molecule has 2 aromatic rings. The molecule has 0 aliphatic rings. The van der Waals surface area contributed by atoms with Gasteiger partial charge < -0.3 is 14.8 Å². The molecule has 2 aromatic carbocycles. The summed E-state index contributed by atoms with van der Waals surface area (Å²) in [5, 5.41) is 2.75. The van der Waals surface area contributed by atoms with Crippen molar-refractivity contribution in [2.24, 2.45) is 5.92 Å². The van der Waals surface area contributed by atoms with Gasteiger partial charge in [-0.2, -0.15) is 0 Å². The third-order valence-corrected chi connectivity index (χ3v) is 3.35. The maximum absolute atomic E-state index is 12.0. The first kappa shape index (κ1) is 18.3. The predicted molar refractivity (Wildman–Crippen MR) is 97.6 cm³/mol. The third kappa shape index (κ3) is 5.80. The van der Waals surface area contributed by atoms with Crippen LogP contribution in [0.25, 0.3) is 6.08 Å². The van der Waals surface area contributed by atoms with Crippen molar-refractivity contribution in [3.63, 3.8) is 0 Å². The first-order valence-corrected chi connectivity index (χ1v) is 7.93. The maximum Gasteiger partial charge on any atom is 0.313 e. The van der Waals surface area contributed by atoms with Crippen LogP contribution in [-0.2, 0) is 9.59 Å². The third-order valence-electron chi connectivity index (χ3n) is 3.35. The maximum atomic E-state index is 12.0. The average molecular weight is 339 g/mol. The van der Waals surface area contributed by atoms with E-state index in [4.69, 9.17) is 9.47 Å². The van der Waals surface area contributed by atoms with Crippen LogP contribution in [0.1, 0.15) is 19.4 Å². The number of hydrogen-bond donors (Lipinski definition) is 1. The second kappa shape index (κ2) is 8.68. The number of carbonyl (C=O) groups excluding carboxylic acids is 2. The molecule has 1 N–H and O–H groups in total. The Hall–Kier alpha value is -3.08. The fourth-order valence-corrected chi connectivity index (χ4v) is 1.91. The molecule has 0 bridgehead atoms. The number of anilines is 1. The summed E-state index contributed by atoms with van der Waals surface area (Å²) in [6.45, 7) is 3.54. The molecule has 130 valence electrons. The van der Waals surface area contributed by atoms with Crippen molar-refractivity contribution < 1.29 is 19.1 Å². The standard InChI is InChI=1S/C20H21NO4/c1-14(2)20(23)25-18-11-7-16(8-12-18)21-19(22)13-6-15-4-9-17(24-3)10-5-15/h4-14H,1-3H3,(H,21,22)/b13-6+. The molecule has 0 aliphatic heterocycles. The zero-order chi connectivity index (χ0) is 18.2. The van der Waals surface area contributed by atoms with Crippen LogP contribution in [-0.4, -0.2) is 19.0 Å². The summed E-state index contributed by atoms with van der Waals surface area (Å²) in [7, 11) is 1.60. The molecule has 2 rings (SSSR count). The molecule has 0 aliphatic carbocycles. The van der Waals surface area contributed by atoms with Crippen molar-refractivity contribution in [3.8, 4) is 11.5 Å². The molecule has 0 saturated heterocycles. The van der Waals surface area contributed by atoms with Gasteiger partial charge in [0.25, 0.3) is 0 Å². The zero-order valence-electron chi connectivity index (χ0n) is 14.5. The highest BCUT2D eigenvalue weighted by atomic mass is 16.5. The Morgan fingerprint density at radius 1 is 0.960 bits per heavy atom. The molecule has 0 radical (unpaired) electrons. The lowest BCUT2D eigenvalue weighted by atomic mass is 10.2. The minimum atomic E-state index is -0.292. The predicted octanol–water partition coefficient (Wildman–Crippen LogP) is 3.91. The minimum Gasteiger partial charge on any atom is -0.497 e. The van der Waals surface area contributed by atoms with Crippen LogP contribution in [0.5, 0.6) is 11.5 Å². The SMILES string of the molecule is COc1ccc(/C=C/C(=O)Nc2ccc(OC(=O)C(C)C)cc2)cc1. The smallest absolute Gasteiger partial charge is 0.313 e.